The lowest BCUT2D eigenvalue weighted by molar-refractivity contribution is -0.142. The number of benzene rings is 3. The Morgan fingerprint density at radius 1 is 0.763 bits per heavy atom. The molecule has 0 heterocycles. The van der Waals surface area contributed by atoms with E-state index < -0.39 is 18.0 Å². The van der Waals surface area contributed by atoms with Gasteiger partial charge in [0, 0.05) is 29.7 Å². The van der Waals surface area contributed by atoms with E-state index in [0.717, 1.165) is 5.56 Å². The number of aryl methyl sites for hydroxylation is 1. The number of ketones is 2. The molecule has 1 atom stereocenters. The third-order valence-electron chi connectivity index (χ3n) is 5.64. The second kappa shape index (κ2) is 13.6. The maximum Gasteiger partial charge on any atom is 0.338 e. The van der Waals surface area contributed by atoms with E-state index in [2.05, 4.69) is 5.32 Å². The van der Waals surface area contributed by atoms with Gasteiger partial charge in [0.1, 0.15) is 0 Å². The summed E-state index contributed by atoms with van der Waals surface area (Å²) in [6, 6.07) is 21.6. The van der Waals surface area contributed by atoms with Crippen LogP contribution >= 0.6 is 0 Å². The molecule has 0 aliphatic heterocycles. The summed E-state index contributed by atoms with van der Waals surface area (Å²) in [6.07, 6.45) is -0.624. The molecule has 0 aromatic heterocycles. The Morgan fingerprint density at radius 2 is 1.39 bits per heavy atom. The normalized spacial score (nSPS) is 11.2. The van der Waals surface area contributed by atoms with Gasteiger partial charge in [-0.1, -0.05) is 60.2 Å². The summed E-state index contributed by atoms with van der Waals surface area (Å²) >= 11 is 0. The zero-order valence-electron chi connectivity index (χ0n) is 21.3. The predicted octanol–water partition coefficient (Wildman–Crippen LogP) is 4.96. The first-order valence-electron chi connectivity index (χ1n) is 12.2. The zero-order valence-corrected chi connectivity index (χ0v) is 21.3. The predicted molar refractivity (Wildman–Crippen MR) is 141 cm³/mol. The summed E-state index contributed by atoms with van der Waals surface area (Å²) < 4.78 is 10.3. The van der Waals surface area contributed by atoms with E-state index in [1.54, 1.807) is 54.6 Å². The highest BCUT2D eigenvalue weighted by atomic mass is 16.5. The third-order valence-corrected chi connectivity index (χ3v) is 5.64. The van der Waals surface area contributed by atoms with Crippen LogP contribution in [0.3, 0.4) is 0 Å². The van der Waals surface area contributed by atoms with E-state index >= 15 is 0 Å². The first kappa shape index (κ1) is 28.0. The molecule has 196 valence electrons. The monoisotopic (exact) mass is 515 g/mol. The lowest BCUT2D eigenvalue weighted by Gasteiger charge is -2.12. The molecular formula is C30H29NO7. The number of esters is 2. The van der Waals surface area contributed by atoms with Gasteiger partial charge < -0.3 is 14.8 Å². The van der Waals surface area contributed by atoms with Crippen LogP contribution in [-0.2, 0) is 19.1 Å². The number of ether oxygens (including phenoxy) is 2. The van der Waals surface area contributed by atoms with Gasteiger partial charge in [0.05, 0.1) is 5.56 Å². The van der Waals surface area contributed by atoms with Gasteiger partial charge >= 0.3 is 11.9 Å². The minimum Gasteiger partial charge on any atom is -0.457 e. The first-order valence-corrected chi connectivity index (χ1v) is 12.2. The molecule has 38 heavy (non-hydrogen) atoms. The number of hydrogen-bond donors (Lipinski definition) is 1. The van der Waals surface area contributed by atoms with Crippen LogP contribution in [0.15, 0.2) is 78.9 Å². The second-order valence-corrected chi connectivity index (χ2v) is 8.71. The van der Waals surface area contributed by atoms with E-state index in [1.807, 2.05) is 19.1 Å². The third kappa shape index (κ3) is 8.51. The molecule has 1 amide bonds. The van der Waals surface area contributed by atoms with Crippen LogP contribution in [0.5, 0.6) is 0 Å². The summed E-state index contributed by atoms with van der Waals surface area (Å²) in [7, 11) is 0. The molecule has 1 unspecified atom stereocenters. The number of anilines is 1. The lowest BCUT2D eigenvalue weighted by Crippen LogP contribution is -2.24. The van der Waals surface area contributed by atoms with Crippen LogP contribution in [0.2, 0.25) is 0 Å². The van der Waals surface area contributed by atoms with Crippen molar-refractivity contribution in [3.8, 4) is 0 Å². The van der Waals surface area contributed by atoms with Crippen molar-refractivity contribution >= 4 is 35.1 Å². The lowest BCUT2D eigenvalue weighted by atomic mass is 10.1. The zero-order chi connectivity index (χ0) is 27.5. The number of amides is 1. The summed E-state index contributed by atoms with van der Waals surface area (Å²) in [6.45, 7) is 3.08. The molecule has 0 spiro atoms. The van der Waals surface area contributed by atoms with E-state index in [0.29, 0.717) is 16.8 Å². The Morgan fingerprint density at radius 3 is 2.05 bits per heavy atom. The largest absolute Gasteiger partial charge is 0.457 e. The molecule has 1 N–H and O–H groups in total. The van der Waals surface area contributed by atoms with Crippen LogP contribution in [0, 0.1) is 6.92 Å². The fourth-order valence-corrected chi connectivity index (χ4v) is 3.47. The van der Waals surface area contributed by atoms with Crippen molar-refractivity contribution in [2.24, 2.45) is 0 Å². The molecule has 0 fully saturated rings. The smallest absolute Gasteiger partial charge is 0.338 e. The van der Waals surface area contributed by atoms with E-state index in [-0.39, 0.29) is 48.9 Å². The maximum absolute atomic E-state index is 12.4. The van der Waals surface area contributed by atoms with Crippen LogP contribution in [0.25, 0.3) is 0 Å². The average molecular weight is 516 g/mol. The van der Waals surface area contributed by atoms with Crippen molar-refractivity contribution in [3.05, 3.63) is 101 Å². The Kier molecular flexibility index (Phi) is 10.0. The minimum absolute atomic E-state index is 0.000732. The molecule has 3 aromatic carbocycles. The van der Waals surface area contributed by atoms with Gasteiger partial charge in [-0.2, -0.15) is 0 Å². The maximum atomic E-state index is 12.4. The topological polar surface area (TPSA) is 116 Å². The van der Waals surface area contributed by atoms with Crippen LogP contribution < -0.4 is 5.32 Å². The quantitative estimate of drug-likeness (QED) is 0.268. The van der Waals surface area contributed by atoms with Gasteiger partial charge in [-0.15, -0.1) is 0 Å². The van der Waals surface area contributed by atoms with Crippen LogP contribution in [0.4, 0.5) is 5.69 Å². The molecule has 8 nitrogen and oxygen atoms in total. The summed E-state index contributed by atoms with van der Waals surface area (Å²) in [4.78, 5) is 60.9. The van der Waals surface area contributed by atoms with Crippen molar-refractivity contribution in [1.29, 1.82) is 0 Å². The molecular weight excluding hydrogens is 486 g/mol. The SMILES string of the molecule is Cc1ccc(C(=O)COC(=O)CCCC(=O)Nc2ccc(C(=O)OC(C)C(=O)c3ccccc3)cc2)cc1. The summed E-state index contributed by atoms with van der Waals surface area (Å²) in [5, 5.41) is 2.69. The number of rotatable bonds is 12. The molecule has 0 radical (unpaired) electrons. The van der Waals surface area contributed by atoms with Crippen molar-refractivity contribution < 1.29 is 33.4 Å². The highest BCUT2D eigenvalue weighted by Crippen LogP contribution is 2.14. The molecule has 0 aliphatic rings. The van der Waals surface area contributed by atoms with Gasteiger partial charge in [-0.25, -0.2) is 4.79 Å². The van der Waals surface area contributed by atoms with Gasteiger partial charge in [0.15, 0.2) is 18.5 Å². The highest BCUT2D eigenvalue weighted by Gasteiger charge is 2.20. The molecule has 0 bridgehead atoms. The molecule has 8 heteroatoms. The second-order valence-electron chi connectivity index (χ2n) is 8.71. The minimum atomic E-state index is -0.948. The van der Waals surface area contributed by atoms with Crippen LogP contribution in [0.1, 0.15) is 62.8 Å². The van der Waals surface area contributed by atoms with Gasteiger partial charge in [-0.05, 0) is 44.5 Å². The Labute approximate surface area is 221 Å². The van der Waals surface area contributed by atoms with Crippen molar-refractivity contribution in [3.63, 3.8) is 0 Å². The molecule has 0 saturated heterocycles. The molecule has 3 rings (SSSR count). The Hall–Kier alpha value is -4.59. The van der Waals surface area contributed by atoms with Crippen LogP contribution in [-0.4, -0.2) is 42.1 Å². The molecule has 0 saturated carbocycles. The summed E-state index contributed by atoms with van der Waals surface area (Å²) in [5.74, 6) is -2.11. The average Bonchev–Trinajstić information content (AvgIpc) is 2.92. The molecule has 0 aliphatic carbocycles. The number of Topliss-reactive ketones (excluding diaryl/α,β-unsaturated/α-hetero) is 2. The highest BCUT2D eigenvalue weighted by molar-refractivity contribution is 6.01. The van der Waals surface area contributed by atoms with Crippen molar-refractivity contribution in [2.75, 3.05) is 11.9 Å². The summed E-state index contributed by atoms with van der Waals surface area (Å²) in [5.41, 5.74) is 2.65. The Balaban J connectivity index is 1.37. The van der Waals surface area contributed by atoms with Crippen molar-refractivity contribution in [2.45, 2.75) is 39.2 Å². The Bertz CT molecular complexity index is 1280. The van der Waals surface area contributed by atoms with E-state index in [1.165, 1.54) is 19.1 Å². The number of nitrogens with one attached hydrogen (secondary N) is 1. The van der Waals surface area contributed by atoms with E-state index in [9.17, 15) is 24.0 Å². The number of carbonyl (C=O) groups is 5. The fourth-order valence-electron chi connectivity index (χ4n) is 3.47. The first-order chi connectivity index (χ1) is 18.2. The van der Waals surface area contributed by atoms with Gasteiger partial charge in [-0.3, -0.25) is 19.2 Å². The van der Waals surface area contributed by atoms with Gasteiger partial charge in [0.25, 0.3) is 0 Å². The molecule has 3 aromatic rings. The number of hydrogen-bond acceptors (Lipinski definition) is 7. The standard InChI is InChI=1S/C30H29NO7/c1-20-11-13-22(14-12-20)26(32)19-37-28(34)10-6-9-27(33)31-25-17-15-24(16-18-25)30(36)38-21(2)29(35)23-7-4-3-5-8-23/h3-5,7-8,11-18,21H,6,9-10,19H2,1-2H3,(H,31,33). The van der Waals surface area contributed by atoms with E-state index in [4.69, 9.17) is 9.47 Å². The van der Waals surface area contributed by atoms with Crippen molar-refractivity contribution in [1.82, 2.24) is 0 Å². The fraction of sp³-hybridized carbons (Fsp3) is 0.233. The number of carbonyl (C=O) groups excluding carboxylic acids is 5. The van der Waals surface area contributed by atoms with Gasteiger partial charge in [0.2, 0.25) is 11.7 Å².